The summed E-state index contributed by atoms with van der Waals surface area (Å²) in [5.41, 5.74) is 2.10. The predicted molar refractivity (Wildman–Crippen MR) is 278 cm³/mol. The molecule has 0 heterocycles. The molecule has 8 rings (SSSR count). The third-order valence-electron chi connectivity index (χ3n) is 14.3. The van der Waals surface area contributed by atoms with Gasteiger partial charge in [0.2, 0.25) is 0 Å². The summed E-state index contributed by atoms with van der Waals surface area (Å²) >= 11 is 0. The number of benzene rings is 6. The second-order valence-corrected chi connectivity index (χ2v) is 19.2. The van der Waals surface area contributed by atoms with E-state index < -0.39 is 11.9 Å². The van der Waals surface area contributed by atoms with Crippen molar-refractivity contribution in [3.8, 4) is 34.1 Å². The molecule has 0 N–H and O–H groups in total. The Hall–Kier alpha value is -6.14. The quantitative estimate of drug-likeness (QED) is 0.0310. The van der Waals surface area contributed by atoms with E-state index in [0.717, 1.165) is 33.4 Å². The molecule has 6 heteroatoms. The van der Waals surface area contributed by atoms with Crippen molar-refractivity contribution in [2.75, 3.05) is 13.2 Å². The molecule has 2 saturated carbocycles. The van der Waals surface area contributed by atoms with Crippen molar-refractivity contribution in [3.63, 3.8) is 0 Å². The maximum Gasteiger partial charge on any atom is 0.343 e. The first kappa shape index (κ1) is 48.3. The van der Waals surface area contributed by atoms with E-state index in [-0.39, 0.29) is 0 Å². The highest BCUT2D eigenvalue weighted by molar-refractivity contribution is 6.11. The Morgan fingerprint density at radius 1 is 0.471 bits per heavy atom. The number of esters is 2. The zero-order valence-electron chi connectivity index (χ0n) is 40.3. The summed E-state index contributed by atoms with van der Waals surface area (Å²) in [6, 6.07) is 37.7. The standard InChI is InChI=1S/C62H70O6/c1-3-5-7-15-45-23-27-47(28-24-45)17-13-43-65-53-37-31-51(32-38-53)61(63)67-57-41-35-49-19-9-11-21-55(49)59(57)60-56-22-12-10-20-50(56)36-42-58(60)68-62(64)52-33-39-54(40-34-52)66-44-14-18-48-29-25-46(26-30-48)16-8-6-4-2/h9-14,17-22,31-42,45-48H,3-8,15-16,23-30,43-44H2,1-2H3/b17-13+,18-14+/t45-,46-,47-,48-. The molecule has 0 bridgehead atoms. The molecule has 0 amide bonds. The Morgan fingerprint density at radius 2 is 0.868 bits per heavy atom. The summed E-state index contributed by atoms with van der Waals surface area (Å²) in [5.74, 6) is 4.13. The van der Waals surface area contributed by atoms with Gasteiger partial charge in [-0.1, -0.05) is 150 Å². The van der Waals surface area contributed by atoms with Crippen LogP contribution >= 0.6 is 0 Å². The fourth-order valence-electron chi connectivity index (χ4n) is 10.4. The lowest BCUT2D eigenvalue weighted by Gasteiger charge is -2.26. The zero-order chi connectivity index (χ0) is 46.9. The molecule has 6 aromatic rings. The van der Waals surface area contributed by atoms with Crippen LogP contribution in [-0.4, -0.2) is 25.2 Å². The smallest absolute Gasteiger partial charge is 0.343 e. The number of carbonyl (C=O) groups excluding carboxylic acids is 2. The molecule has 0 radical (unpaired) electrons. The highest BCUT2D eigenvalue weighted by atomic mass is 16.5. The third-order valence-corrected chi connectivity index (χ3v) is 14.3. The van der Waals surface area contributed by atoms with Gasteiger partial charge in [-0.25, -0.2) is 9.59 Å². The molecule has 68 heavy (non-hydrogen) atoms. The fraction of sp³-hybridized carbons (Fsp3) is 0.387. The minimum atomic E-state index is -0.504. The van der Waals surface area contributed by atoms with E-state index in [9.17, 15) is 9.59 Å². The van der Waals surface area contributed by atoms with Crippen LogP contribution in [0, 0.1) is 23.7 Å². The van der Waals surface area contributed by atoms with Crippen LogP contribution < -0.4 is 18.9 Å². The molecule has 0 spiro atoms. The Labute approximate surface area is 404 Å². The number of carbonyl (C=O) groups is 2. The molecule has 0 aromatic heterocycles. The van der Waals surface area contributed by atoms with Gasteiger partial charge < -0.3 is 18.9 Å². The van der Waals surface area contributed by atoms with Gasteiger partial charge in [-0.3, -0.25) is 0 Å². The summed E-state index contributed by atoms with van der Waals surface area (Å²) in [4.78, 5) is 27.9. The molecular formula is C62H70O6. The number of fused-ring (bicyclic) bond motifs is 2. The van der Waals surface area contributed by atoms with Crippen molar-refractivity contribution in [3.05, 3.63) is 157 Å². The second-order valence-electron chi connectivity index (χ2n) is 19.2. The first-order valence-electron chi connectivity index (χ1n) is 25.7. The van der Waals surface area contributed by atoms with Gasteiger partial charge in [0.25, 0.3) is 0 Å². The molecule has 0 atom stereocenters. The SMILES string of the molecule is CCCCC[C@H]1CC[C@H](/C=C/COc2ccc(C(=O)Oc3ccc4ccccc4c3-c3c(OC(=O)c4ccc(OC/C=C/[C@H]5CC[C@H](CCCCC)CC5)cc4)ccc4ccccc34)cc2)CC1. The number of hydrogen-bond acceptors (Lipinski definition) is 6. The third kappa shape index (κ3) is 13.1. The highest BCUT2D eigenvalue weighted by Crippen LogP contribution is 2.46. The topological polar surface area (TPSA) is 71.1 Å². The van der Waals surface area contributed by atoms with Crippen LogP contribution in [0.1, 0.15) is 137 Å². The molecule has 2 fully saturated rings. The minimum absolute atomic E-state index is 0.355. The van der Waals surface area contributed by atoms with Gasteiger partial charge in [0, 0.05) is 11.1 Å². The summed E-state index contributed by atoms with van der Waals surface area (Å²) < 4.78 is 24.7. The van der Waals surface area contributed by atoms with Gasteiger partial charge in [-0.2, -0.15) is 0 Å². The Bertz CT molecular complexity index is 2430. The molecular weight excluding hydrogens is 841 g/mol. The Balaban J connectivity index is 0.926. The number of ether oxygens (including phenoxy) is 4. The van der Waals surface area contributed by atoms with Crippen molar-refractivity contribution >= 4 is 33.5 Å². The second kappa shape index (κ2) is 24.8. The van der Waals surface area contributed by atoms with Crippen LogP contribution in [0.2, 0.25) is 0 Å². The number of unbranched alkanes of at least 4 members (excludes halogenated alkanes) is 4. The Kier molecular flexibility index (Phi) is 17.6. The summed E-state index contributed by atoms with van der Waals surface area (Å²) in [5, 5.41) is 3.62. The molecule has 0 saturated heterocycles. The molecule has 6 nitrogen and oxygen atoms in total. The maximum absolute atomic E-state index is 13.9. The van der Waals surface area contributed by atoms with E-state index in [1.807, 2.05) is 97.1 Å². The first-order valence-corrected chi connectivity index (χ1v) is 25.7. The number of allylic oxidation sites excluding steroid dienone is 2. The van der Waals surface area contributed by atoms with Crippen molar-refractivity contribution in [1.29, 1.82) is 0 Å². The van der Waals surface area contributed by atoms with Gasteiger partial charge in [-0.15, -0.1) is 0 Å². The normalized spacial score (nSPS) is 18.6. The van der Waals surface area contributed by atoms with Crippen molar-refractivity contribution in [2.24, 2.45) is 23.7 Å². The largest absolute Gasteiger partial charge is 0.490 e. The molecule has 6 aromatic carbocycles. The zero-order valence-corrected chi connectivity index (χ0v) is 40.3. The van der Waals surface area contributed by atoms with Crippen LogP contribution in [0.4, 0.5) is 0 Å². The van der Waals surface area contributed by atoms with Crippen LogP contribution in [0.3, 0.4) is 0 Å². The van der Waals surface area contributed by atoms with Crippen LogP contribution in [0.25, 0.3) is 32.7 Å². The maximum atomic E-state index is 13.9. The lowest BCUT2D eigenvalue weighted by molar-refractivity contribution is 0.0723. The average Bonchev–Trinajstić information content (AvgIpc) is 3.38. The van der Waals surface area contributed by atoms with Crippen molar-refractivity contribution < 1.29 is 28.5 Å². The summed E-state index contributed by atoms with van der Waals surface area (Å²) in [7, 11) is 0. The fourth-order valence-corrected chi connectivity index (χ4v) is 10.4. The lowest BCUT2D eigenvalue weighted by Crippen LogP contribution is -2.13. The van der Waals surface area contributed by atoms with Gasteiger partial charge in [0.15, 0.2) is 0 Å². The molecule has 354 valence electrons. The van der Waals surface area contributed by atoms with Crippen LogP contribution in [0.5, 0.6) is 23.0 Å². The van der Waals surface area contributed by atoms with E-state index >= 15 is 0 Å². The molecule has 2 aliphatic carbocycles. The van der Waals surface area contributed by atoms with E-state index in [4.69, 9.17) is 18.9 Å². The molecule has 2 aliphatic rings. The van der Waals surface area contributed by atoms with Crippen LogP contribution in [-0.2, 0) is 0 Å². The van der Waals surface area contributed by atoms with Crippen LogP contribution in [0.15, 0.2) is 146 Å². The van der Waals surface area contributed by atoms with Gasteiger partial charge >= 0.3 is 11.9 Å². The molecule has 0 aliphatic heterocycles. The van der Waals surface area contributed by atoms with Crippen molar-refractivity contribution in [1.82, 2.24) is 0 Å². The highest BCUT2D eigenvalue weighted by Gasteiger charge is 2.24. The Morgan fingerprint density at radius 3 is 1.26 bits per heavy atom. The first-order chi connectivity index (χ1) is 33.4. The summed E-state index contributed by atoms with van der Waals surface area (Å²) in [6.07, 6.45) is 30.1. The monoisotopic (exact) mass is 911 g/mol. The number of rotatable bonds is 21. The minimum Gasteiger partial charge on any atom is -0.490 e. The predicted octanol–water partition coefficient (Wildman–Crippen LogP) is 16.7. The van der Waals surface area contributed by atoms with Crippen molar-refractivity contribution in [2.45, 2.75) is 117 Å². The van der Waals surface area contributed by atoms with Gasteiger partial charge in [0.1, 0.15) is 36.2 Å². The number of hydrogen-bond donors (Lipinski definition) is 0. The van der Waals surface area contributed by atoms with E-state index in [1.54, 1.807) is 24.3 Å². The van der Waals surface area contributed by atoms with E-state index in [2.05, 4.69) is 38.2 Å². The lowest BCUT2D eigenvalue weighted by atomic mass is 9.79. The molecule has 0 unspecified atom stereocenters. The average molecular weight is 911 g/mol. The van der Waals surface area contributed by atoms with E-state index in [0.29, 0.717) is 70.3 Å². The van der Waals surface area contributed by atoms with Gasteiger partial charge in [-0.05, 0) is 157 Å². The van der Waals surface area contributed by atoms with E-state index in [1.165, 1.54) is 103 Å². The summed E-state index contributed by atoms with van der Waals surface area (Å²) in [6.45, 7) is 5.51. The van der Waals surface area contributed by atoms with Gasteiger partial charge in [0.05, 0.1) is 11.1 Å².